The summed E-state index contributed by atoms with van der Waals surface area (Å²) in [6, 6.07) is 8.05. The Kier molecular flexibility index (Phi) is 4.34. The predicted molar refractivity (Wildman–Crippen MR) is 76.9 cm³/mol. The molecule has 1 amide bonds. The molecule has 0 atom stereocenters. The normalized spacial score (nSPS) is 10.6. The van der Waals surface area contributed by atoms with Crippen LogP contribution in [0.3, 0.4) is 0 Å². The fraction of sp³-hybridized carbons (Fsp3) is 0.333. The van der Waals surface area contributed by atoms with Crippen LogP contribution in [0.1, 0.15) is 19.2 Å². The molecule has 100 valence electrons. The number of para-hydroxylation sites is 2. The third-order valence-electron chi connectivity index (χ3n) is 3.04. The summed E-state index contributed by atoms with van der Waals surface area (Å²) in [6.45, 7) is 6.99. The molecule has 0 aliphatic carbocycles. The van der Waals surface area contributed by atoms with E-state index in [1.165, 1.54) is 0 Å². The molecule has 0 saturated carbocycles. The Morgan fingerprint density at radius 2 is 2.26 bits per heavy atom. The minimum absolute atomic E-state index is 0.0754. The van der Waals surface area contributed by atoms with Crippen LogP contribution in [-0.4, -0.2) is 22.0 Å². The van der Waals surface area contributed by atoms with Crippen LogP contribution in [-0.2, 0) is 17.8 Å². The molecule has 0 spiro atoms. The molecule has 19 heavy (non-hydrogen) atoms. The van der Waals surface area contributed by atoms with Gasteiger partial charge in [-0.3, -0.25) is 4.79 Å². The van der Waals surface area contributed by atoms with Gasteiger partial charge in [0.15, 0.2) is 0 Å². The van der Waals surface area contributed by atoms with E-state index < -0.39 is 0 Å². The van der Waals surface area contributed by atoms with Gasteiger partial charge in [0.1, 0.15) is 5.82 Å². The maximum atomic E-state index is 11.2. The van der Waals surface area contributed by atoms with E-state index in [-0.39, 0.29) is 5.91 Å². The highest BCUT2D eigenvalue weighted by atomic mass is 16.1. The molecule has 1 aromatic heterocycles. The number of hydrogen-bond acceptors (Lipinski definition) is 2. The predicted octanol–water partition coefficient (Wildman–Crippen LogP) is 2.29. The lowest BCUT2D eigenvalue weighted by Gasteiger charge is -2.07. The van der Waals surface area contributed by atoms with E-state index in [9.17, 15) is 4.79 Å². The lowest BCUT2D eigenvalue weighted by atomic mass is 10.3. The zero-order valence-electron chi connectivity index (χ0n) is 11.2. The lowest BCUT2D eigenvalue weighted by Crippen LogP contribution is -2.25. The first-order valence-corrected chi connectivity index (χ1v) is 6.58. The van der Waals surface area contributed by atoms with E-state index in [1.54, 1.807) is 0 Å². The fourth-order valence-corrected chi connectivity index (χ4v) is 2.09. The molecular formula is C15H19N3O. The van der Waals surface area contributed by atoms with E-state index in [1.807, 2.05) is 31.2 Å². The second kappa shape index (κ2) is 6.18. The molecule has 2 aromatic rings. The molecule has 0 radical (unpaired) electrons. The number of imidazole rings is 1. The van der Waals surface area contributed by atoms with E-state index in [0.29, 0.717) is 13.0 Å². The number of hydrogen-bond donors (Lipinski definition) is 1. The van der Waals surface area contributed by atoms with Crippen LogP contribution < -0.4 is 5.32 Å². The largest absolute Gasteiger partial charge is 0.356 e. The van der Waals surface area contributed by atoms with Crippen LogP contribution in [0, 0.1) is 0 Å². The summed E-state index contributed by atoms with van der Waals surface area (Å²) in [5.41, 5.74) is 2.10. The molecule has 4 nitrogen and oxygen atoms in total. The van der Waals surface area contributed by atoms with Gasteiger partial charge in [0.05, 0.1) is 11.0 Å². The zero-order valence-corrected chi connectivity index (χ0v) is 11.2. The average Bonchev–Trinajstić information content (AvgIpc) is 2.77. The zero-order chi connectivity index (χ0) is 13.7. The van der Waals surface area contributed by atoms with Gasteiger partial charge in [0, 0.05) is 25.9 Å². The van der Waals surface area contributed by atoms with Crippen LogP contribution >= 0.6 is 0 Å². The SMILES string of the molecule is C=CCn1c(CCNC(=O)CC)nc2ccccc21. The molecule has 0 aliphatic heterocycles. The summed E-state index contributed by atoms with van der Waals surface area (Å²) < 4.78 is 2.14. The van der Waals surface area contributed by atoms with Crippen molar-refractivity contribution >= 4 is 16.9 Å². The first kappa shape index (κ1) is 13.3. The van der Waals surface area contributed by atoms with Crippen LogP contribution in [0.5, 0.6) is 0 Å². The fourth-order valence-electron chi connectivity index (χ4n) is 2.09. The highest BCUT2D eigenvalue weighted by Crippen LogP contribution is 2.16. The number of fused-ring (bicyclic) bond motifs is 1. The number of allylic oxidation sites excluding steroid dienone is 1. The third-order valence-corrected chi connectivity index (χ3v) is 3.04. The lowest BCUT2D eigenvalue weighted by molar-refractivity contribution is -0.120. The smallest absolute Gasteiger partial charge is 0.219 e. The highest BCUT2D eigenvalue weighted by Gasteiger charge is 2.09. The summed E-state index contributed by atoms with van der Waals surface area (Å²) in [5.74, 6) is 1.06. The summed E-state index contributed by atoms with van der Waals surface area (Å²) in [4.78, 5) is 15.8. The number of nitrogens with one attached hydrogen (secondary N) is 1. The van der Waals surface area contributed by atoms with Crippen molar-refractivity contribution in [1.82, 2.24) is 14.9 Å². The molecule has 1 aromatic carbocycles. The van der Waals surface area contributed by atoms with Gasteiger partial charge < -0.3 is 9.88 Å². The van der Waals surface area contributed by atoms with Crippen molar-refractivity contribution in [3.05, 3.63) is 42.7 Å². The van der Waals surface area contributed by atoms with Crippen molar-refractivity contribution in [2.24, 2.45) is 0 Å². The monoisotopic (exact) mass is 257 g/mol. The van der Waals surface area contributed by atoms with E-state index in [4.69, 9.17) is 0 Å². The summed E-state index contributed by atoms with van der Waals surface area (Å²) in [7, 11) is 0. The molecule has 0 unspecified atom stereocenters. The van der Waals surface area contributed by atoms with Gasteiger partial charge in [0.2, 0.25) is 5.91 Å². The summed E-state index contributed by atoms with van der Waals surface area (Å²) in [6.07, 6.45) is 3.11. The Balaban J connectivity index is 2.19. The molecule has 0 saturated heterocycles. The first-order chi connectivity index (χ1) is 9.26. The van der Waals surface area contributed by atoms with E-state index >= 15 is 0 Å². The number of nitrogens with zero attached hydrogens (tertiary/aromatic N) is 2. The van der Waals surface area contributed by atoms with E-state index in [0.717, 1.165) is 29.8 Å². The Labute approximate surface area is 113 Å². The highest BCUT2D eigenvalue weighted by molar-refractivity contribution is 5.76. The topological polar surface area (TPSA) is 46.9 Å². The summed E-state index contributed by atoms with van der Waals surface area (Å²) >= 11 is 0. The molecule has 1 N–H and O–H groups in total. The van der Waals surface area contributed by atoms with Crippen molar-refractivity contribution in [2.75, 3.05) is 6.54 Å². The number of amides is 1. The molecule has 0 bridgehead atoms. The number of benzene rings is 1. The maximum Gasteiger partial charge on any atom is 0.219 e. The van der Waals surface area contributed by atoms with Crippen LogP contribution in [0.15, 0.2) is 36.9 Å². The van der Waals surface area contributed by atoms with Gasteiger partial charge in [-0.2, -0.15) is 0 Å². The number of rotatable bonds is 6. The maximum absolute atomic E-state index is 11.2. The Hall–Kier alpha value is -2.10. The van der Waals surface area contributed by atoms with Gasteiger partial charge >= 0.3 is 0 Å². The van der Waals surface area contributed by atoms with Crippen molar-refractivity contribution in [3.8, 4) is 0 Å². The molecule has 1 heterocycles. The third kappa shape index (κ3) is 3.02. The Morgan fingerprint density at radius 1 is 1.47 bits per heavy atom. The standard InChI is InChI=1S/C15H19N3O/c1-3-11-18-13-8-6-5-7-12(13)17-14(18)9-10-16-15(19)4-2/h3,5-8H,1,4,9-11H2,2H3,(H,16,19). The molecule has 2 rings (SSSR count). The van der Waals surface area contributed by atoms with Gasteiger partial charge in [-0.05, 0) is 12.1 Å². The van der Waals surface area contributed by atoms with Gasteiger partial charge in [-0.1, -0.05) is 25.1 Å². The van der Waals surface area contributed by atoms with Crippen molar-refractivity contribution < 1.29 is 4.79 Å². The first-order valence-electron chi connectivity index (χ1n) is 6.58. The number of aromatic nitrogens is 2. The van der Waals surface area contributed by atoms with Crippen LogP contribution in [0.25, 0.3) is 11.0 Å². The van der Waals surface area contributed by atoms with Gasteiger partial charge in [0.25, 0.3) is 0 Å². The Bertz CT molecular complexity index is 586. The second-order valence-corrected chi connectivity index (χ2v) is 4.37. The van der Waals surface area contributed by atoms with Crippen LogP contribution in [0.2, 0.25) is 0 Å². The Morgan fingerprint density at radius 3 is 3.00 bits per heavy atom. The van der Waals surface area contributed by atoms with Crippen molar-refractivity contribution in [3.63, 3.8) is 0 Å². The van der Waals surface area contributed by atoms with E-state index in [2.05, 4.69) is 27.5 Å². The molecular weight excluding hydrogens is 238 g/mol. The molecule has 0 fully saturated rings. The molecule has 0 aliphatic rings. The van der Waals surface area contributed by atoms with Crippen molar-refractivity contribution in [2.45, 2.75) is 26.3 Å². The van der Waals surface area contributed by atoms with Crippen LogP contribution in [0.4, 0.5) is 0 Å². The number of carbonyl (C=O) groups excluding carboxylic acids is 1. The minimum atomic E-state index is 0.0754. The quantitative estimate of drug-likeness (QED) is 0.807. The number of carbonyl (C=O) groups is 1. The van der Waals surface area contributed by atoms with Gasteiger partial charge in [-0.15, -0.1) is 6.58 Å². The van der Waals surface area contributed by atoms with Gasteiger partial charge in [-0.25, -0.2) is 4.98 Å². The molecule has 4 heteroatoms. The minimum Gasteiger partial charge on any atom is -0.356 e. The van der Waals surface area contributed by atoms with Crippen molar-refractivity contribution in [1.29, 1.82) is 0 Å². The second-order valence-electron chi connectivity index (χ2n) is 4.37. The summed E-state index contributed by atoms with van der Waals surface area (Å²) in [5, 5.41) is 2.88. The average molecular weight is 257 g/mol.